The predicted molar refractivity (Wildman–Crippen MR) is 87.2 cm³/mol. The zero-order valence-electron chi connectivity index (χ0n) is 13.8. The topological polar surface area (TPSA) is 102 Å². The lowest BCUT2D eigenvalue weighted by Gasteiger charge is -2.06. The van der Waals surface area contributed by atoms with Crippen molar-refractivity contribution in [3.05, 3.63) is 41.2 Å². The lowest BCUT2D eigenvalue weighted by atomic mass is 10.2. The largest absolute Gasteiger partial charge is 0.360 e. The maximum atomic E-state index is 12.3. The van der Waals surface area contributed by atoms with E-state index < -0.39 is 10.0 Å². The van der Waals surface area contributed by atoms with Gasteiger partial charge in [0.25, 0.3) is 0 Å². The highest BCUT2D eigenvalue weighted by Gasteiger charge is 2.23. The number of aromatic nitrogens is 4. The van der Waals surface area contributed by atoms with Crippen molar-refractivity contribution in [2.24, 2.45) is 0 Å². The first-order valence-corrected chi connectivity index (χ1v) is 9.08. The summed E-state index contributed by atoms with van der Waals surface area (Å²) in [5, 5.41) is 8.00. The van der Waals surface area contributed by atoms with Crippen LogP contribution in [0.25, 0.3) is 5.65 Å². The van der Waals surface area contributed by atoms with E-state index in [1.165, 1.54) is 0 Å². The third-order valence-electron chi connectivity index (χ3n) is 3.66. The molecular weight excluding hydrogens is 330 g/mol. The zero-order valence-corrected chi connectivity index (χ0v) is 14.6. The third kappa shape index (κ3) is 3.31. The summed E-state index contributed by atoms with van der Waals surface area (Å²) in [6.45, 7) is 5.43. The van der Waals surface area contributed by atoms with Crippen molar-refractivity contribution in [3.8, 4) is 0 Å². The molecule has 0 unspecified atom stereocenters. The lowest BCUT2D eigenvalue weighted by Crippen LogP contribution is -2.26. The SMILES string of the molecule is Cc1cc2ncc(CCCNS(=O)(=O)c3c(C)noc3C)cn2n1. The Hall–Kier alpha value is -2.26. The van der Waals surface area contributed by atoms with Crippen LogP contribution < -0.4 is 4.72 Å². The molecule has 0 saturated heterocycles. The Bertz CT molecular complexity index is 955. The van der Waals surface area contributed by atoms with Crippen molar-refractivity contribution < 1.29 is 12.9 Å². The van der Waals surface area contributed by atoms with Crippen LogP contribution in [-0.4, -0.2) is 34.7 Å². The molecular formula is C15H19N5O3S. The van der Waals surface area contributed by atoms with Gasteiger partial charge < -0.3 is 4.52 Å². The van der Waals surface area contributed by atoms with Crippen molar-refractivity contribution >= 4 is 15.7 Å². The van der Waals surface area contributed by atoms with Gasteiger partial charge in [0.2, 0.25) is 10.0 Å². The second-order valence-electron chi connectivity index (χ2n) is 5.71. The molecule has 24 heavy (non-hydrogen) atoms. The summed E-state index contributed by atoms with van der Waals surface area (Å²) in [5.41, 5.74) is 3.08. The van der Waals surface area contributed by atoms with Gasteiger partial charge in [0, 0.05) is 25.0 Å². The second kappa shape index (κ2) is 6.33. The van der Waals surface area contributed by atoms with E-state index in [4.69, 9.17) is 4.52 Å². The molecule has 0 aliphatic rings. The summed E-state index contributed by atoms with van der Waals surface area (Å²) in [6.07, 6.45) is 5.05. The standard InChI is InChI=1S/C15H19N5O3S/c1-10-7-14-16-8-13(9-20(14)18-10)5-4-6-17-24(21,22)15-11(2)19-23-12(15)3/h7-9,17H,4-6H2,1-3H3. The first kappa shape index (κ1) is 16.6. The van der Waals surface area contributed by atoms with Gasteiger partial charge in [0.1, 0.15) is 10.6 Å². The minimum absolute atomic E-state index is 0.123. The van der Waals surface area contributed by atoms with E-state index in [0.717, 1.165) is 16.9 Å². The normalized spacial score (nSPS) is 12.1. The Morgan fingerprint density at radius 3 is 2.79 bits per heavy atom. The Morgan fingerprint density at radius 2 is 2.08 bits per heavy atom. The van der Waals surface area contributed by atoms with Crippen LogP contribution in [0.3, 0.4) is 0 Å². The summed E-state index contributed by atoms with van der Waals surface area (Å²) < 4.78 is 33.8. The summed E-state index contributed by atoms with van der Waals surface area (Å²) in [5.74, 6) is 0.295. The van der Waals surface area contributed by atoms with Crippen LogP contribution in [0.5, 0.6) is 0 Å². The molecule has 1 N–H and O–H groups in total. The van der Waals surface area contributed by atoms with Crippen molar-refractivity contribution in [3.63, 3.8) is 0 Å². The summed E-state index contributed by atoms with van der Waals surface area (Å²) in [6, 6.07) is 1.90. The van der Waals surface area contributed by atoms with E-state index >= 15 is 0 Å². The fourth-order valence-corrected chi connectivity index (χ4v) is 3.99. The van der Waals surface area contributed by atoms with Gasteiger partial charge in [-0.05, 0) is 39.2 Å². The van der Waals surface area contributed by atoms with Crippen molar-refractivity contribution in [1.82, 2.24) is 24.5 Å². The Morgan fingerprint density at radius 1 is 1.29 bits per heavy atom. The number of hydrogen-bond acceptors (Lipinski definition) is 6. The number of hydrogen-bond donors (Lipinski definition) is 1. The molecule has 0 aromatic carbocycles. The molecule has 0 spiro atoms. The molecule has 0 saturated carbocycles. The quantitative estimate of drug-likeness (QED) is 0.678. The van der Waals surface area contributed by atoms with Crippen molar-refractivity contribution in [1.29, 1.82) is 0 Å². The van der Waals surface area contributed by atoms with E-state index in [-0.39, 0.29) is 4.90 Å². The van der Waals surface area contributed by atoms with Gasteiger partial charge in [-0.1, -0.05) is 5.16 Å². The monoisotopic (exact) mass is 349 g/mol. The van der Waals surface area contributed by atoms with E-state index in [1.807, 2.05) is 19.2 Å². The summed E-state index contributed by atoms with van der Waals surface area (Å²) in [4.78, 5) is 4.46. The number of sulfonamides is 1. The number of nitrogens with one attached hydrogen (secondary N) is 1. The third-order valence-corrected chi connectivity index (χ3v) is 5.36. The van der Waals surface area contributed by atoms with Gasteiger partial charge in [-0.25, -0.2) is 22.6 Å². The molecule has 0 atom stereocenters. The molecule has 3 aromatic rings. The molecule has 3 rings (SSSR count). The van der Waals surface area contributed by atoms with E-state index in [2.05, 4.69) is 20.0 Å². The minimum Gasteiger partial charge on any atom is -0.360 e. The van der Waals surface area contributed by atoms with Crippen LogP contribution in [-0.2, 0) is 16.4 Å². The van der Waals surface area contributed by atoms with Crippen molar-refractivity contribution in [2.45, 2.75) is 38.5 Å². The van der Waals surface area contributed by atoms with Gasteiger partial charge in [-0.15, -0.1) is 0 Å². The van der Waals surface area contributed by atoms with Crippen LogP contribution >= 0.6 is 0 Å². The highest BCUT2D eigenvalue weighted by atomic mass is 32.2. The molecule has 0 radical (unpaired) electrons. The molecule has 9 heteroatoms. The number of fused-ring (bicyclic) bond motifs is 1. The average Bonchev–Trinajstić information content (AvgIpc) is 3.04. The maximum absolute atomic E-state index is 12.3. The van der Waals surface area contributed by atoms with Gasteiger partial charge in [-0.3, -0.25) is 0 Å². The van der Waals surface area contributed by atoms with Gasteiger partial charge in [0.15, 0.2) is 11.4 Å². The summed E-state index contributed by atoms with van der Waals surface area (Å²) >= 11 is 0. The highest BCUT2D eigenvalue weighted by Crippen LogP contribution is 2.18. The van der Waals surface area contributed by atoms with Crippen LogP contribution in [0, 0.1) is 20.8 Å². The Labute approximate surface area is 139 Å². The van der Waals surface area contributed by atoms with Crippen LogP contribution in [0.15, 0.2) is 27.9 Å². The predicted octanol–water partition coefficient (Wildman–Crippen LogP) is 1.55. The molecule has 8 nitrogen and oxygen atoms in total. The van der Waals surface area contributed by atoms with E-state index in [1.54, 1.807) is 24.6 Å². The Kier molecular flexibility index (Phi) is 4.37. The molecule has 0 bridgehead atoms. The number of aryl methyl sites for hydroxylation is 4. The van der Waals surface area contributed by atoms with E-state index in [9.17, 15) is 8.42 Å². The molecule has 0 fully saturated rings. The Balaban J connectivity index is 1.60. The lowest BCUT2D eigenvalue weighted by molar-refractivity contribution is 0.390. The fourth-order valence-electron chi connectivity index (χ4n) is 2.59. The fraction of sp³-hybridized carbons (Fsp3) is 0.400. The van der Waals surface area contributed by atoms with Gasteiger partial charge in [0.05, 0.1) is 5.69 Å². The molecule has 0 aliphatic heterocycles. The maximum Gasteiger partial charge on any atom is 0.245 e. The minimum atomic E-state index is -3.60. The zero-order chi connectivity index (χ0) is 17.3. The molecule has 128 valence electrons. The van der Waals surface area contributed by atoms with E-state index in [0.29, 0.717) is 30.8 Å². The highest BCUT2D eigenvalue weighted by molar-refractivity contribution is 7.89. The molecule has 3 aromatic heterocycles. The number of nitrogens with zero attached hydrogens (tertiary/aromatic N) is 4. The first-order valence-electron chi connectivity index (χ1n) is 7.60. The van der Waals surface area contributed by atoms with Gasteiger partial charge >= 0.3 is 0 Å². The smallest absolute Gasteiger partial charge is 0.245 e. The molecule has 3 heterocycles. The van der Waals surface area contributed by atoms with Crippen LogP contribution in [0.4, 0.5) is 0 Å². The summed E-state index contributed by atoms with van der Waals surface area (Å²) in [7, 11) is -3.60. The van der Waals surface area contributed by atoms with Crippen LogP contribution in [0.1, 0.15) is 29.1 Å². The van der Waals surface area contributed by atoms with Gasteiger partial charge in [-0.2, -0.15) is 5.10 Å². The molecule has 0 amide bonds. The first-order chi connectivity index (χ1) is 11.4. The molecule has 0 aliphatic carbocycles. The average molecular weight is 349 g/mol. The van der Waals surface area contributed by atoms with Crippen LogP contribution in [0.2, 0.25) is 0 Å². The number of rotatable bonds is 6. The van der Waals surface area contributed by atoms with Crippen molar-refractivity contribution in [2.75, 3.05) is 6.54 Å². The second-order valence-corrected chi connectivity index (χ2v) is 7.41.